The summed E-state index contributed by atoms with van der Waals surface area (Å²) >= 11 is 0. The molecule has 8 bridgehead atoms. The second-order valence-corrected chi connectivity index (χ2v) is 11.2. The molecular weight excluding hydrogens is 468 g/mol. The van der Waals surface area contributed by atoms with Gasteiger partial charge < -0.3 is 10.4 Å². The standard InChI is InChI=1S/C33H38N4O/c1-8-11-22-18(6)26-13-24-16(4)20(9-2)28(34-24)14-25-17(5)21(10-3)29(35-25)15-27-19(7)31-30(38)12-23(32(22)36-26)33(31)37-27/h13-15,18,22,36,38H,8-12H2,1-7H3/t18-,22-/m0/s1. The van der Waals surface area contributed by atoms with Crippen LogP contribution in [0.1, 0.15) is 80.6 Å². The number of nitrogens with one attached hydrogen (secondary N) is 1. The zero-order valence-corrected chi connectivity index (χ0v) is 23.7. The van der Waals surface area contributed by atoms with Crippen LogP contribution in [0.3, 0.4) is 0 Å². The van der Waals surface area contributed by atoms with Crippen molar-refractivity contribution in [3.8, 4) is 0 Å². The fourth-order valence-electron chi connectivity index (χ4n) is 6.92. The van der Waals surface area contributed by atoms with Crippen molar-refractivity contribution in [2.24, 2.45) is 26.8 Å². The molecule has 1 aliphatic carbocycles. The molecule has 196 valence electrons. The Bertz CT molecular complexity index is 1520. The summed E-state index contributed by atoms with van der Waals surface area (Å²) in [6, 6.07) is 0. The molecule has 0 aromatic heterocycles. The average molecular weight is 507 g/mol. The SMILES string of the molecule is CCC[C@@H]1C2=C3CC(O)=C4C3=NC(=C4C)C=C3N=C(C=C4N=C(C=C(N2)[C@H]1C)C(C)=C4CC)C(C)=C3CC. The number of fused-ring (bicyclic) bond motifs is 5. The van der Waals surface area contributed by atoms with Crippen LogP contribution in [0.2, 0.25) is 0 Å². The Morgan fingerprint density at radius 3 is 2.13 bits per heavy atom. The maximum absolute atomic E-state index is 11.1. The summed E-state index contributed by atoms with van der Waals surface area (Å²) in [5.41, 5.74) is 16.3. The molecular formula is C33H38N4O. The van der Waals surface area contributed by atoms with Gasteiger partial charge in [-0.05, 0) is 86.1 Å². The Hall–Kier alpha value is -3.47. The molecule has 0 unspecified atom stereocenters. The lowest BCUT2D eigenvalue weighted by molar-refractivity contribution is 0.399. The lowest BCUT2D eigenvalue weighted by Gasteiger charge is -2.17. The monoisotopic (exact) mass is 506 g/mol. The Balaban J connectivity index is 1.63. The first-order valence-corrected chi connectivity index (χ1v) is 14.2. The highest BCUT2D eigenvalue weighted by molar-refractivity contribution is 6.21. The van der Waals surface area contributed by atoms with E-state index in [9.17, 15) is 5.11 Å². The van der Waals surface area contributed by atoms with Crippen LogP contribution >= 0.6 is 0 Å². The minimum absolute atomic E-state index is 0.336. The first-order valence-electron chi connectivity index (χ1n) is 14.2. The molecule has 0 amide bonds. The van der Waals surface area contributed by atoms with E-state index in [0.29, 0.717) is 24.0 Å². The van der Waals surface area contributed by atoms with Crippen LogP contribution in [-0.2, 0) is 0 Å². The van der Waals surface area contributed by atoms with E-state index in [1.54, 1.807) is 0 Å². The van der Waals surface area contributed by atoms with E-state index in [1.807, 2.05) is 0 Å². The number of aliphatic hydroxyl groups is 1. The first-order chi connectivity index (χ1) is 18.3. The van der Waals surface area contributed by atoms with E-state index >= 15 is 0 Å². The lowest BCUT2D eigenvalue weighted by atomic mass is 9.86. The van der Waals surface area contributed by atoms with Crippen LogP contribution in [0.5, 0.6) is 0 Å². The Morgan fingerprint density at radius 1 is 0.868 bits per heavy atom. The third-order valence-electron chi connectivity index (χ3n) is 9.14. The molecule has 2 N–H and O–H groups in total. The summed E-state index contributed by atoms with van der Waals surface area (Å²) in [5.74, 6) is 1.13. The van der Waals surface area contributed by atoms with Crippen molar-refractivity contribution in [1.82, 2.24) is 5.32 Å². The van der Waals surface area contributed by atoms with Gasteiger partial charge in [0, 0.05) is 40.8 Å². The van der Waals surface area contributed by atoms with E-state index in [-0.39, 0.29) is 0 Å². The van der Waals surface area contributed by atoms with Crippen molar-refractivity contribution in [2.75, 3.05) is 0 Å². The van der Waals surface area contributed by atoms with Crippen LogP contribution in [-0.4, -0.2) is 22.2 Å². The molecule has 6 rings (SSSR count). The van der Waals surface area contributed by atoms with Crippen LogP contribution in [0.15, 0.2) is 106 Å². The van der Waals surface area contributed by atoms with Gasteiger partial charge in [-0.2, -0.15) is 0 Å². The van der Waals surface area contributed by atoms with Gasteiger partial charge in [0.25, 0.3) is 0 Å². The second kappa shape index (κ2) is 9.07. The molecule has 5 nitrogen and oxygen atoms in total. The van der Waals surface area contributed by atoms with Gasteiger partial charge in [0.2, 0.25) is 0 Å². The van der Waals surface area contributed by atoms with E-state index < -0.39 is 0 Å². The van der Waals surface area contributed by atoms with E-state index in [0.717, 1.165) is 76.6 Å². The van der Waals surface area contributed by atoms with Crippen LogP contribution < -0.4 is 5.32 Å². The number of allylic oxidation sites excluding steroid dienone is 12. The molecule has 0 aromatic rings. The minimum Gasteiger partial charge on any atom is -0.511 e. The molecule has 38 heavy (non-hydrogen) atoms. The maximum Gasteiger partial charge on any atom is 0.106 e. The van der Waals surface area contributed by atoms with Gasteiger partial charge in [0.05, 0.1) is 34.2 Å². The summed E-state index contributed by atoms with van der Waals surface area (Å²) in [6.07, 6.45) is 11.1. The number of rotatable bonds is 4. The van der Waals surface area contributed by atoms with Crippen LogP contribution in [0.25, 0.3) is 0 Å². The van der Waals surface area contributed by atoms with Crippen molar-refractivity contribution >= 4 is 17.1 Å². The van der Waals surface area contributed by atoms with E-state index in [2.05, 4.69) is 72.0 Å². The van der Waals surface area contributed by atoms with Crippen molar-refractivity contribution in [1.29, 1.82) is 0 Å². The quantitative estimate of drug-likeness (QED) is 0.407. The smallest absolute Gasteiger partial charge is 0.106 e. The summed E-state index contributed by atoms with van der Waals surface area (Å²) in [4.78, 5) is 15.4. The Morgan fingerprint density at radius 2 is 1.50 bits per heavy atom. The second-order valence-electron chi connectivity index (χ2n) is 11.2. The van der Waals surface area contributed by atoms with Gasteiger partial charge in [-0.3, -0.25) is 0 Å². The third kappa shape index (κ3) is 3.54. The van der Waals surface area contributed by atoms with Gasteiger partial charge in [0.15, 0.2) is 0 Å². The lowest BCUT2D eigenvalue weighted by Crippen LogP contribution is -2.14. The number of nitrogens with zero attached hydrogens (tertiary/aromatic N) is 3. The van der Waals surface area contributed by atoms with Gasteiger partial charge in [0.1, 0.15) is 5.76 Å². The van der Waals surface area contributed by atoms with Crippen molar-refractivity contribution in [3.05, 3.63) is 91.5 Å². The van der Waals surface area contributed by atoms with Gasteiger partial charge in [-0.25, -0.2) is 15.0 Å². The summed E-state index contributed by atoms with van der Waals surface area (Å²) in [7, 11) is 0. The first kappa shape index (κ1) is 24.8. The fourth-order valence-corrected chi connectivity index (χ4v) is 6.92. The van der Waals surface area contributed by atoms with Crippen LogP contribution in [0, 0.1) is 11.8 Å². The highest BCUT2D eigenvalue weighted by Crippen LogP contribution is 2.46. The maximum atomic E-state index is 11.1. The van der Waals surface area contributed by atoms with Crippen molar-refractivity contribution in [3.63, 3.8) is 0 Å². The molecule has 0 spiro atoms. The van der Waals surface area contributed by atoms with Gasteiger partial charge in [-0.1, -0.05) is 34.1 Å². The highest BCUT2D eigenvalue weighted by atomic mass is 16.3. The zero-order chi connectivity index (χ0) is 26.9. The van der Waals surface area contributed by atoms with Crippen LogP contribution in [0.4, 0.5) is 0 Å². The predicted octanol–water partition coefficient (Wildman–Crippen LogP) is 7.87. The molecule has 1 fully saturated rings. The molecule has 5 heteroatoms. The summed E-state index contributed by atoms with van der Waals surface area (Å²) in [6.45, 7) is 15.4. The van der Waals surface area contributed by atoms with Crippen molar-refractivity contribution < 1.29 is 5.11 Å². The molecule has 6 aliphatic rings. The summed E-state index contributed by atoms with van der Waals surface area (Å²) < 4.78 is 0. The number of hydrogen-bond donors (Lipinski definition) is 2. The molecule has 0 aromatic carbocycles. The van der Waals surface area contributed by atoms with Gasteiger partial charge in [-0.15, -0.1) is 0 Å². The largest absolute Gasteiger partial charge is 0.511 e. The minimum atomic E-state index is 0.336. The summed E-state index contributed by atoms with van der Waals surface area (Å²) in [5, 5.41) is 15.0. The highest BCUT2D eigenvalue weighted by Gasteiger charge is 2.40. The van der Waals surface area contributed by atoms with E-state index in [4.69, 9.17) is 15.0 Å². The molecule has 5 aliphatic heterocycles. The van der Waals surface area contributed by atoms with Crippen molar-refractivity contribution in [2.45, 2.75) is 80.6 Å². The Kier molecular flexibility index (Phi) is 5.93. The van der Waals surface area contributed by atoms with E-state index in [1.165, 1.54) is 33.7 Å². The topological polar surface area (TPSA) is 69.3 Å². The normalized spacial score (nSPS) is 26.3. The zero-order valence-electron chi connectivity index (χ0n) is 23.7. The molecule has 2 atom stereocenters. The molecule has 5 heterocycles. The predicted molar refractivity (Wildman–Crippen MR) is 157 cm³/mol. The number of aliphatic imine (C=N–C) groups is 3. The molecule has 0 radical (unpaired) electrons. The number of hydrogen-bond acceptors (Lipinski definition) is 5. The Labute approximate surface area is 226 Å². The van der Waals surface area contributed by atoms with Gasteiger partial charge >= 0.3 is 0 Å². The molecule has 0 saturated carbocycles. The third-order valence-corrected chi connectivity index (χ3v) is 9.14. The average Bonchev–Trinajstić information content (AvgIpc) is 3.63. The molecule has 1 saturated heterocycles. The fraction of sp³-hybridized carbons (Fsp3) is 0.424. The number of aliphatic hydroxyl groups excluding tert-OH is 1.